The van der Waals surface area contributed by atoms with Crippen molar-refractivity contribution in [2.45, 2.75) is 26.2 Å². The van der Waals surface area contributed by atoms with Crippen molar-refractivity contribution in [1.82, 2.24) is 15.1 Å². The van der Waals surface area contributed by atoms with Gasteiger partial charge in [0.15, 0.2) is 5.96 Å². The Hall–Kier alpha value is -2.97. The molecule has 0 saturated heterocycles. The molecule has 6 nitrogen and oxygen atoms in total. The van der Waals surface area contributed by atoms with Crippen molar-refractivity contribution >= 4 is 11.9 Å². The first-order valence-electron chi connectivity index (χ1n) is 8.96. The lowest BCUT2D eigenvalue weighted by Crippen LogP contribution is -2.43. The summed E-state index contributed by atoms with van der Waals surface area (Å²) in [5.41, 5.74) is 0.649. The highest BCUT2D eigenvalue weighted by atomic mass is 19.4. The molecule has 0 unspecified atom stereocenters. The van der Waals surface area contributed by atoms with Crippen LogP contribution in [0.1, 0.15) is 22.5 Å². The van der Waals surface area contributed by atoms with Crippen LogP contribution in [0, 0.1) is 6.92 Å². The van der Waals surface area contributed by atoms with Crippen LogP contribution in [0.5, 0.6) is 0 Å². The lowest BCUT2D eigenvalue weighted by Gasteiger charge is -2.23. The van der Waals surface area contributed by atoms with Crippen LogP contribution >= 0.6 is 0 Å². The minimum atomic E-state index is -4.41. The van der Waals surface area contributed by atoms with Crippen molar-refractivity contribution in [2.75, 3.05) is 27.7 Å². The molecule has 0 radical (unpaired) electrons. The maximum atomic E-state index is 12.9. The molecule has 9 heteroatoms. The number of furan rings is 1. The van der Waals surface area contributed by atoms with E-state index in [1.54, 1.807) is 38.4 Å². The Morgan fingerprint density at radius 2 is 1.93 bits per heavy atom. The van der Waals surface area contributed by atoms with Crippen molar-refractivity contribution in [3.05, 3.63) is 59.0 Å². The second-order valence-electron chi connectivity index (χ2n) is 6.84. The first-order chi connectivity index (χ1) is 13.6. The number of halogens is 3. The molecule has 0 saturated carbocycles. The lowest BCUT2D eigenvalue weighted by atomic mass is 10.1. The number of hydrogen-bond acceptors (Lipinski definition) is 3. The minimum Gasteiger partial charge on any atom is -0.469 e. The zero-order chi connectivity index (χ0) is 21.6. The van der Waals surface area contributed by atoms with Gasteiger partial charge in [-0.25, -0.2) is 4.99 Å². The van der Waals surface area contributed by atoms with Gasteiger partial charge in [-0.1, -0.05) is 12.1 Å². The van der Waals surface area contributed by atoms with Gasteiger partial charge in [-0.05, 0) is 30.7 Å². The van der Waals surface area contributed by atoms with Crippen LogP contribution in [-0.4, -0.2) is 49.4 Å². The van der Waals surface area contributed by atoms with Gasteiger partial charge >= 0.3 is 6.18 Å². The Bertz CT molecular complexity index is 859. The molecular weight excluding hydrogens is 385 g/mol. The van der Waals surface area contributed by atoms with E-state index in [9.17, 15) is 18.0 Å². The van der Waals surface area contributed by atoms with Gasteiger partial charge in [0.2, 0.25) is 5.91 Å². The number of hydrogen-bond donors (Lipinski definition) is 1. The monoisotopic (exact) mass is 410 g/mol. The normalized spacial score (nSPS) is 12.0. The summed E-state index contributed by atoms with van der Waals surface area (Å²) >= 11 is 0. The van der Waals surface area contributed by atoms with Crippen LogP contribution in [0.3, 0.4) is 0 Å². The molecule has 2 rings (SSSR count). The number of aliphatic imine (C=N–C) groups is 1. The molecule has 1 aromatic heterocycles. The average molecular weight is 410 g/mol. The van der Waals surface area contributed by atoms with E-state index in [-0.39, 0.29) is 19.0 Å². The third-order valence-electron chi connectivity index (χ3n) is 4.30. The van der Waals surface area contributed by atoms with Crippen molar-refractivity contribution in [2.24, 2.45) is 4.99 Å². The number of benzene rings is 1. The quantitative estimate of drug-likeness (QED) is 0.587. The van der Waals surface area contributed by atoms with E-state index in [0.29, 0.717) is 18.1 Å². The van der Waals surface area contributed by atoms with Gasteiger partial charge in [0.25, 0.3) is 0 Å². The fourth-order valence-corrected chi connectivity index (χ4v) is 2.54. The predicted octanol–water partition coefficient (Wildman–Crippen LogP) is 3.27. The molecular formula is C20H25F3N4O2. The highest BCUT2D eigenvalue weighted by molar-refractivity contribution is 5.86. The first kappa shape index (κ1) is 22.3. The lowest BCUT2D eigenvalue weighted by molar-refractivity contribution is -0.137. The summed E-state index contributed by atoms with van der Waals surface area (Å²) in [4.78, 5) is 19.6. The number of rotatable bonds is 6. The third-order valence-corrected chi connectivity index (χ3v) is 4.30. The molecule has 158 valence electrons. The van der Waals surface area contributed by atoms with Gasteiger partial charge in [-0.2, -0.15) is 13.2 Å². The van der Waals surface area contributed by atoms with Gasteiger partial charge in [0.1, 0.15) is 5.76 Å². The van der Waals surface area contributed by atoms with Gasteiger partial charge < -0.3 is 19.5 Å². The maximum absolute atomic E-state index is 12.9. The van der Waals surface area contributed by atoms with E-state index in [1.807, 2.05) is 13.0 Å². The summed E-state index contributed by atoms with van der Waals surface area (Å²) in [6.45, 7) is 2.36. The smallest absolute Gasteiger partial charge is 0.416 e. The molecule has 1 aromatic carbocycles. The summed E-state index contributed by atoms with van der Waals surface area (Å²) < 4.78 is 44.1. The van der Waals surface area contributed by atoms with Gasteiger partial charge in [0.05, 0.1) is 24.9 Å². The SMILES string of the molecule is Cc1occc1CN(C)C(=NCc1cccc(C(F)(F)F)c1)NCC(=O)N(C)C. The minimum absolute atomic E-state index is 0.0170. The third kappa shape index (κ3) is 6.55. The number of aryl methyl sites for hydroxylation is 1. The molecule has 0 aliphatic carbocycles. The van der Waals surface area contributed by atoms with Crippen molar-refractivity contribution in [3.63, 3.8) is 0 Å². The van der Waals surface area contributed by atoms with Gasteiger partial charge in [-0.15, -0.1) is 0 Å². The van der Waals surface area contributed by atoms with Crippen LogP contribution in [0.25, 0.3) is 0 Å². The number of likely N-dealkylation sites (N-methyl/N-ethyl adjacent to an activating group) is 1. The molecule has 1 heterocycles. The summed E-state index contributed by atoms with van der Waals surface area (Å²) in [7, 11) is 5.06. The number of guanidine groups is 1. The largest absolute Gasteiger partial charge is 0.469 e. The van der Waals surface area contributed by atoms with E-state index in [0.717, 1.165) is 23.5 Å². The summed E-state index contributed by atoms with van der Waals surface area (Å²) in [6, 6.07) is 6.87. The fraction of sp³-hybridized carbons (Fsp3) is 0.400. The van der Waals surface area contributed by atoms with E-state index in [4.69, 9.17) is 4.42 Å². The molecule has 0 fully saturated rings. The molecule has 0 aliphatic heterocycles. The number of amides is 1. The molecule has 1 amide bonds. The van der Waals surface area contributed by atoms with Crippen LogP contribution in [-0.2, 0) is 24.1 Å². The van der Waals surface area contributed by atoms with E-state index >= 15 is 0 Å². The van der Waals surface area contributed by atoms with E-state index in [2.05, 4.69) is 10.3 Å². The Morgan fingerprint density at radius 3 is 2.52 bits per heavy atom. The average Bonchev–Trinajstić information content (AvgIpc) is 3.05. The topological polar surface area (TPSA) is 61.1 Å². The predicted molar refractivity (Wildman–Crippen MR) is 104 cm³/mol. The Morgan fingerprint density at radius 1 is 1.21 bits per heavy atom. The molecule has 0 atom stereocenters. The first-order valence-corrected chi connectivity index (χ1v) is 8.96. The second kappa shape index (κ2) is 9.49. The molecule has 2 aromatic rings. The van der Waals surface area contributed by atoms with Gasteiger partial charge in [-0.3, -0.25) is 4.79 Å². The number of alkyl halides is 3. The van der Waals surface area contributed by atoms with Crippen LogP contribution < -0.4 is 5.32 Å². The summed E-state index contributed by atoms with van der Waals surface area (Å²) in [5.74, 6) is 1.02. The highest BCUT2D eigenvalue weighted by Gasteiger charge is 2.30. The van der Waals surface area contributed by atoms with E-state index < -0.39 is 11.7 Å². The van der Waals surface area contributed by atoms with Crippen molar-refractivity contribution in [1.29, 1.82) is 0 Å². The Labute approximate surface area is 168 Å². The van der Waals surface area contributed by atoms with E-state index in [1.165, 1.54) is 11.0 Å². The van der Waals surface area contributed by atoms with Crippen LogP contribution in [0.4, 0.5) is 13.2 Å². The number of carbonyl (C=O) groups is 1. The standard InChI is InChI=1S/C20H25F3N4O2/c1-14-16(8-9-29-14)13-27(4)19(25-12-18(28)26(2)3)24-11-15-6-5-7-17(10-15)20(21,22)23/h5-10H,11-13H2,1-4H3,(H,24,25). The van der Waals surface area contributed by atoms with Crippen LogP contribution in [0.2, 0.25) is 0 Å². The van der Waals surface area contributed by atoms with Gasteiger partial charge in [0, 0.05) is 33.3 Å². The Balaban J connectivity index is 2.19. The highest BCUT2D eigenvalue weighted by Crippen LogP contribution is 2.29. The molecule has 1 N–H and O–H groups in total. The second-order valence-corrected chi connectivity index (χ2v) is 6.84. The molecule has 0 bridgehead atoms. The summed E-state index contributed by atoms with van der Waals surface area (Å²) in [5, 5.41) is 2.98. The number of nitrogens with one attached hydrogen (secondary N) is 1. The molecule has 0 spiro atoms. The summed E-state index contributed by atoms with van der Waals surface area (Å²) in [6.07, 6.45) is -2.82. The fourth-order valence-electron chi connectivity index (χ4n) is 2.54. The maximum Gasteiger partial charge on any atom is 0.416 e. The zero-order valence-electron chi connectivity index (χ0n) is 16.9. The number of nitrogens with zero attached hydrogens (tertiary/aromatic N) is 3. The molecule has 29 heavy (non-hydrogen) atoms. The van der Waals surface area contributed by atoms with Crippen molar-refractivity contribution < 1.29 is 22.4 Å². The van der Waals surface area contributed by atoms with Crippen LogP contribution in [0.15, 0.2) is 46.0 Å². The van der Waals surface area contributed by atoms with Crippen molar-refractivity contribution in [3.8, 4) is 0 Å². The zero-order valence-corrected chi connectivity index (χ0v) is 16.9. The molecule has 0 aliphatic rings. The Kier molecular flexibility index (Phi) is 7.30. The number of carbonyl (C=O) groups excluding carboxylic acids is 1.